The quantitative estimate of drug-likeness (QED) is 0.762. The fourth-order valence-electron chi connectivity index (χ4n) is 2.59. The van der Waals surface area contributed by atoms with E-state index < -0.39 is 0 Å². The summed E-state index contributed by atoms with van der Waals surface area (Å²) in [5.41, 5.74) is 6.00. The van der Waals surface area contributed by atoms with Gasteiger partial charge < -0.3 is 10.3 Å². The van der Waals surface area contributed by atoms with Gasteiger partial charge in [-0.15, -0.1) is 0 Å². The lowest BCUT2D eigenvalue weighted by molar-refractivity contribution is -0.141. The number of pyridine rings is 1. The summed E-state index contributed by atoms with van der Waals surface area (Å²) in [5.74, 6) is -0.199. The Morgan fingerprint density at radius 1 is 1.11 bits per heavy atom. The lowest BCUT2D eigenvalue weighted by Crippen LogP contribution is -2.34. The number of amides is 2. The van der Waals surface area contributed by atoms with E-state index in [-0.39, 0.29) is 29.2 Å². The van der Waals surface area contributed by atoms with Crippen molar-refractivity contribution in [3.05, 3.63) is 28.7 Å². The van der Waals surface area contributed by atoms with Gasteiger partial charge in [-0.3, -0.25) is 19.3 Å². The first-order chi connectivity index (χ1) is 9.08. The largest absolute Gasteiger partial charge is 0.398 e. The highest BCUT2D eigenvalue weighted by atomic mass is 16.2. The van der Waals surface area contributed by atoms with Gasteiger partial charge in [-0.05, 0) is 18.9 Å². The Hall–Kier alpha value is -2.11. The minimum Gasteiger partial charge on any atom is -0.398 e. The molecule has 100 valence electrons. The van der Waals surface area contributed by atoms with Crippen LogP contribution in [0.2, 0.25) is 0 Å². The van der Waals surface area contributed by atoms with Gasteiger partial charge in [-0.25, -0.2) is 0 Å². The number of aromatic nitrogens is 1. The lowest BCUT2D eigenvalue weighted by atomic mass is 10.3. The summed E-state index contributed by atoms with van der Waals surface area (Å²) in [6.45, 7) is 0.835. The number of anilines is 1. The van der Waals surface area contributed by atoms with Crippen molar-refractivity contribution >= 4 is 17.5 Å². The number of imide groups is 1. The molecule has 2 unspecified atom stereocenters. The zero-order chi connectivity index (χ0) is 13.6. The Kier molecular flexibility index (Phi) is 2.66. The van der Waals surface area contributed by atoms with Crippen LogP contribution in [0.4, 0.5) is 5.69 Å². The molecule has 1 aliphatic carbocycles. The van der Waals surface area contributed by atoms with E-state index in [9.17, 15) is 14.4 Å². The number of nitrogens with two attached hydrogens (primary N) is 1. The van der Waals surface area contributed by atoms with Gasteiger partial charge in [0.15, 0.2) is 0 Å². The summed E-state index contributed by atoms with van der Waals surface area (Å²) in [4.78, 5) is 36.4. The van der Waals surface area contributed by atoms with Crippen molar-refractivity contribution in [3.8, 4) is 0 Å². The van der Waals surface area contributed by atoms with Crippen molar-refractivity contribution < 1.29 is 9.59 Å². The molecule has 1 saturated carbocycles. The smallest absolute Gasteiger partial charge is 0.250 e. The van der Waals surface area contributed by atoms with Gasteiger partial charge in [-0.2, -0.15) is 0 Å². The van der Waals surface area contributed by atoms with E-state index >= 15 is 0 Å². The Morgan fingerprint density at radius 2 is 1.79 bits per heavy atom. The highest BCUT2D eigenvalue weighted by Crippen LogP contribution is 2.46. The third-order valence-corrected chi connectivity index (χ3v) is 3.74. The van der Waals surface area contributed by atoms with Crippen molar-refractivity contribution in [2.45, 2.75) is 19.4 Å². The monoisotopic (exact) mass is 261 g/mol. The topological polar surface area (TPSA) is 85.4 Å². The summed E-state index contributed by atoms with van der Waals surface area (Å²) >= 11 is 0. The van der Waals surface area contributed by atoms with E-state index in [4.69, 9.17) is 5.73 Å². The van der Waals surface area contributed by atoms with Crippen LogP contribution in [-0.4, -0.2) is 27.8 Å². The van der Waals surface area contributed by atoms with Crippen molar-refractivity contribution in [1.29, 1.82) is 0 Å². The first-order valence-corrected chi connectivity index (χ1v) is 6.39. The van der Waals surface area contributed by atoms with Gasteiger partial charge in [0.1, 0.15) is 0 Å². The second kappa shape index (κ2) is 4.22. The summed E-state index contributed by atoms with van der Waals surface area (Å²) in [7, 11) is 0. The summed E-state index contributed by atoms with van der Waals surface area (Å²) in [6.07, 6.45) is 2.87. The second-order valence-electron chi connectivity index (χ2n) is 5.12. The molecule has 2 N–H and O–H groups in total. The van der Waals surface area contributed by atoms with Crippen LogP contribution in [0.5, 0.6) is 0 Å². The van der Waals surface area contributed by atoms with Gasteiger partial charge in [0.05, 0.1) is 11.8 Å². The average molecular weight is 261 g/mol. The van der Waals surface area contributed by atoms with Crippen LogP contribution < -0.4 is 11.3 Å². The highest BCUT2D eigenvalue weighted by Gasteiger charge is 2.58. The van der Waals surface area contributed by atoms with Gasteiger partial charge in [0.25, 0.3) is 5.56 Å². The van der Waals surface area contributed by atoms with Crippen molar-refractivity contribution in [3.63, 3.8) is 0 Å². The van der Waals surface area contributed by atoms with E-state index in [1.807, 2.05) is 0 Å². The summed E-state index contributed by atoms with van der Waals surface area (Å²) < 4.78 is 1.50. The van der Waals surface area contributed by atoms with Crippen LogP contribution in [0.15, 0.2) is 23.1 Å². The fourth-order valence-corrected chi connectivity index (χ4v) is 2.59. The van der Waals surface area contributed by atoms with Gasteiger partial charge >= 0.3 is 0 Å². The Labute approximate surface area is 109 Å². The maximum atomic E-state index is 11.7. The number of carbonyl (C=O) groups excluding carboxylic acids is 2. The number of hydrogen-bond donors (Lipinski definition) is 1. The number of hydrogen-bond acceptors (Lipinski definition) is 4. The molecular weight excluding hydrogens is 246 g/mol. The molecule has 0 aromatic carbocycles. The van der Waals surface area contributed by atoms with Crippen LogP contribution >= 0.6 is 0 Å². The number of nitrogens with zero attached hydrogens (tertiary/aromatic N) is 2. The molecule has 1 aromatic heterocycles. The van der Waals surface area contributed by atoms with E-state index in [1.165, 1.54) is 15.5 Å². The molecule has 19 heavy (non-hydrogen) atoms. The first-order valence-electron chi connectivity index (χ1n) is 6.39. The Bertz CT molecular complexity index is 587. The van der Waals surface area contributed by atoms with Crippen molar-refractivity contribution in [2.24, 2.45) is 11.8 Å². The van der Waals surface area contributed by atoms with E-state index in [0.717, 1.165) is 6.42 Å². The molecule has 2 heterocycles. The number of nitrogen functional groups attached to an aromatic ring is 1. The van der Waals surface area contributed by atoms with Crippen LogP contribution in [0, 0.1) is 11.8 Å². The van der Waals surface area contributed by atoms with E-state index in [0.29, 0.717) is 25.2 Å². The lowest BCUT2D eigenvalue weighted by Gasteiger charge is -2.16. The van der Waals surface area contributed by atoms with Crippen LogP contribution in [0.1, 0.15) is 12.8 Å². The molecule has 1 saturated heterocycles. The molecule has 1 aliphatic heterocycles. The number of fused-ring (bicyclic) bond motifs is 1. The average Bonchev–Trinajstić information content (AvgIpc) is 3.13. The third-order valence-electron chi connectivity index (χ3n) is 3.74. The fraction of sp³-hybridized carbons (Fsp3) is 0.462. The zero-order valence-electron chi connectivity index (χ0n) is 10.4. The van der Waals surface area contributed by atoms with E-state index in [1.54, 1.807) is 12.3 Å². The van der Waals surface area contributed by atoms with Gasteiger partial charge in [-0.1, -0.05) is 0 Å². The molecule has 6 heteroatoms. The molecule has 2 aliphatic rings. The SMILES string of the molecule is Nc1ccc(=O)n(CCCN2C(=O)C3CC3C2=O)c1. The molecular formula is C13H15N3O3. The van der Waals surface area contributed by atoms with Crippen molar-refractivity contribution in [2.75, 3.05) is 12.3 Å². The number of piperidine rings is 1. The second-order valence-corrected chi connectivity index (χ2v) is 5.12. The number of aryl methyl sites for hydroxylation is 1. The first kappa shape index (κ1) is 12.0. The molecule has 0 radical (unpaired) electrons. The third kappa shape index (κ3) is 2.03. The Morgan fingerprint density at radius 3 is 2.47 bits per heavy atom. The van der Waals surface area contributed by atoms with Gasteiger partial charge in [0.2, 0.25) is 11.8 Å². The number of rotatable bonds is 4. The zero-order valence-corrected chi connectivity index (χ0v) is 10.4. The molecule has 2 amide bonds. The van der Waals surface area contributed by atoms with Crippen LogP contribution in [0.3, 0.4) is 0 Å². The van der Waals surface area contributed by atoms with Crippen LogP contribution in [-0.2, 0) is 16.1 Å². The molecule has 2 fully saturated rings. The predicted octanol–water partition coefficient (Wildman–Crippen LogP) is -0.174. The maximum absolute atomic E-state index is 11.7. The summed E-state index contributed by atoms with van der Waals surface area (Å²) in [6, 6.07) is 2.97. The van der Waals surface area contributed by atoms with Gasteiger partial charge in [0, 0.05) is 31.0 Å². The standard InChI is InChI=1S/C13H15N3O3/c14-8-2-3-11(17)15(7-8)4-1-5-16-12(18)9-6-10(9)13(16)19/h2-3,7,9-10H,1,4-6,14H2. The normalized spacial score (nSPS) is 24.7. The summed E-state index contributed by atoms with van der Waals surface area (Å²) in [5, 5.41) is 0. The highest BCUT2D eigenvalue weighted by molar-refractivity contribution is 6.08. The van der Waals surface area contributed by atoms with E-state index in [2.05, 4.69) is 0 Å². The minimum atomic E-state index is -0.129. The molecule has 0 spiro atoms. The Balaban J connectivity index is 1.59. The predicted molar refractivity (Wildman–Crippen MR) is 68.0 cm³/mol. The molecule has 2 atom stereocenters. The molecule has 1 aromatic rings. The molecule has 0 bridgehead atoms. The number of carbonyl (C=O) groups is 2. The molecule has 3 rings (SSSR count). The number of likely N-dealkylation sites (tertiary alicyclic amines) is 1. The maximum Gasteiger partial charge on any atom is 0.250 e. The minimum absolute atomic E-state index is 0.0464. The van der Waals surface area contributed by atoms with Crippen molar-refractivity contribution in [1.82, 2.24) is 9.47 Å². The van der Waals surface area contributed by atoms with Crippen LogP contribution in [0.25, 0.3) is 0 Å². The molecule has 6 nitrogen and oxygen atoms in total.